The number of amidine groups is 1. The molecule has 1 saturated heterocycles. The Morgan fingerprint density at radius 2 is 1.71 bits per heavy atom. The molecule has 4 rings (SSSR count). The average Bonchev–Trinajstić information content (AvgIpc) is 2.66. The fourth-order valence-corrected chi connectivity index (χ4v) is 4.58. The van der Waals surface area contributed by atoms with E-state index < -0.39 is 33.2 Å². The van der Waals surface area contributed by atoms with Gasteiger partial charge in [-0.2, -0.15) is 0 Å². The van der Waals surface area contributed by atoms with E-state index in [0.717, 1.165) is 24.9 Å². The van der Waals surface area contributed by atoms with Crippen molar-refractivity contribution in [2.75, 3.05) is 18.8 Å². The van der Waals surface area contributed by atoms with Gasteiger partial charge in [-0.3, -0.25) is 0 Å². The predicted octanol–water partition coefficient (Wildman–Crippen LogP) is 3.82. The minimum atomic E-state index is -3.44. The summed E-state index contributed by atoms with van der Waals surface area (Å²) >= 11 is 0. The zero-order valence-corrected chi connectivity index (χ0v) is 15.6. The second kappa shape index (κ2) is 7.12. The van der Waals surface area contributed by atoms with Crippen molar-refractivity contribution in [2.45, 2.75) is 18.8 Å². The van der Waals surface area contributed by atoms with Crippen molar-refractivity contribution >= 4 is 15.9 Å². The third-order valence-corrected chi connectivity index (χ3v) is 6.06. The highest BCUT2D eigenvalue weighted by atomic mass is 32.2. The standard InChI is InChI=1S/C19H17F3N2O3S/c20-15-10-17(22)18(11-16(15)21)27-13-5-3-12(4-6-13)14-2-1-7-24-8-9-28(25,26)23-19(14)24/h3-6,10-11,14H,1-2,7-9H2/t14-/m0/s1. The summed E-state index contributed by atoms with van der Waals surface area (Å²) < 4.78 is 73.1. The van der Waals surface area contributed by atoms with Crippen molar-refractivity contribution in [1.29, 1.82) is 0 Å². The number of sulfonamides is 1. The number of ether oxygens (including phenoxy) is 1. The van der Waals surface area contributed by atoms with Crippen LogP contribution >= 0.6 is 0 Å². The molecular weight excluding hydrogens is 393 g/mol. The van der Waals surface area contributed by atoms with E-state index in [1.54, 1.807) is 24.3 Å². The van der Waals surface area contributed by atoms with E-state index in [4.69, 9.17) is 4.74 Å². The Labute approximate surface area is 160 Å². The van der Waals surface area contributed by atoms with Gasteiger partial charge in [-0.15, -0.1) is 4.40 Å². The minimum absolute atomic E-state index is 0.0236. The quantitative estimate of drug-likeness (QED) is 0.722. The largest absolute Gasteiger partial charge is 0.454 e. The summed E-state index contributed by atoms with van der Waals surface area (Å²) in [6, 6.07) is 7.71. The van der Waals surface area contributed by atoms with Crippen molar-refractivity contribution in [1.82, 2.24) is 4.90 Å². The van der Waals surface area contributed by atoms with Gasteiger partial charge in [0.05, 0.1) is 5.75 Å². The number of rotatable bonds is 3. The van der Waals surface area contributed by atoms with E-state index in [0.29, 0.717) is 24.5 Å². The number of hydrogen-bond donors (Lipinski definition) is 0. The number of benzene rings is 2. The van der Waals surface area contributed by atoms with Crippen molar-refractivity contribution in [3.8, 4) is 11.5 Å². The van der Waals surface area contributed by atoms with Crippen LogP contribution in [-0.2, 0) is 10.0 Å². The molecule has 0 bridgehead atoms. The number of hydrogen-bond acceptors (Lipinski definition) is 4. The van der Waals surface area contributed by atoms with Gasteiger partial charge < -0.3 is 9.64 Å². The fraction of sp³-hybridized carbons (Fsp3) is 0.316. The SMILES string of the molecule is O=S1(=O)CCN2CCC[C@@H](c3ccc(Oc4cc(F)c(F)cc4F)cc3)C2=N1. The lowest BCUT2D eigenvalue weighted by Gasteiger charge is -2.37. The van der Waals surface area contributed by atoms with E-state index in [-0.39, 0.29) is 17.4 Å². The Balaban J connectivity index is 1.58. The summed E-state index contributed by atoms with van der Waals surface area (Å²) in [5.41, 5.74) is 0.860. The third-order valence-electron chi connectivity index (χ3n) is 4.89. The van der Waals surface area contributed by atoms with Crippen LogP contribution < -0.4 is 4.74 Å². The Morgan fingerprint density at radius 1 is 1.00 bits per heavy atom. The molecule has 0 saturated carbocycles. The maximum Gasteiger partial charge on any atom is 0.256 e. The molecule has 28 heavy (non-hydrogen) atoms. The first-order chi connectivity index (χ1) is 13.3. The van der Waals surface area contributed by atoms with E-state index in [9.17, 15) is 21.6 Å². The van der Waals surface area contributed by atoms with E-state index in [1.807, 2.05) is 4.90 Å². The number of halogens is 3. The minimum Gasteiger partial charge on any atom is -0.454 e. The average molecular weight is 410 g/mol. The molecule has 0 N–H and O–H groups in total. The van der Waals surface area contributed by atoms with Crippen molar-refractivity contribution in [3.05, 3.63) is 59.4 Å². The number of piperidine rings is 1. The Morgan fingerprint density at radius 3 is 2.46 bits per heavy atom. The van der Waals surface area contributed by atoms with Crippen molar-refractivity contribution < 1.29 is 26.3 Å². The molecule has 0 radical (unpaired) electrons. The van der Waals surface area contributed by atoms with E-state index in [1.165, 1.54) is 0 Å². The summed E-state index contributed by atoms with van der Waals surface area (Å²) in [6.45, 7) is 1.22. The normalized spacial score (nSPS) is 21.0. The second-order valence-electron chi connectivity index (χ2n) is 6.79. The summed E-state index contributed by atoms with van der Waals surface area (Å²) in [6.07, 6.45) is 1.69. The Kier molecular flexibility index (Phi) is 4.78. The van der Waals surface area contributed by atoms with Crippen LogP contribution in [0, 0.1) is 17.5 Å². The Bertz CT molecular complexity index is 1040. The summed E-state index contributed by atoms with van der Waals surface area (Å²) in [4.78, 5) is 2.00. The zero-order valence-electron chi connectivity index (χ0n) is 14.7. The van der Waals surface area contributed by atoms with Crippen molar-refractivity contribution in [3.63, 3.8) is 0 Å². The molecule has 2 aliphatic rings. The summed E-state index contributed by atoms with van der Waals surface area (Å²) in [5.74, 6) is -3.24. The van der Waals surface area contributed by atoms with Gasteiger partial charge in [0, 0.05) is 31.1 Å². The molecule has 5 nitrogen and oxygen atoms in total. The molecule has 0 amide bonds. The molecule has 0 aliphatic carbocycles. The van der Waals surface area contributed by atoms with Gasteiger partial charge in [0.1, 0.15) is 11.6 Å². The summed E-state index contributed by atoms with van der Waals surface area (Å²) in [7, 11) is -3.44. The van der Waals surface area contributed by atoms with Crippen molar-refractivity contribution in [2.24, 2.45) is 4.40 Å². The molecule has 0 spiro atoms. The van der Waals surface area contributed by atoms with Crippen LogP contribution in [0.2, 0.25) is 0 Å². The molecule has 1 fully saturated rings. The predicted molar refractivity (Wildman–Crippen MR) is 97.6 cm³/mol. The maximum absolute atomic E-state index is 13.7. The molecule has 2 heterocycles. The van der Waals surface area contributed by atoms with Gasteiger partial charge in [0.15, 0.2) is 23.2 Å². The van der Waals surface area contributed by atoms with Gasteiger partial charge in [-0.25, -0.2) is 21.6 Å². The van der Waals surface area contributed by atoms with E-state index in [2.05, 4.69) is 4.40 Å². The first kappa shape index (κ1) is 18.8. The highest BCUT2D eigenvalue weighted by molar-refractivity contribution is 7.90. The summed E-state index contributed by atoms with van der Waals surface area (Å²) in [5, 5.41) is 0. The topological polar surface area (TPSA) is 59.0 Å². The molecule has 148 valence electrons. The highest BCUT2D eigenvalue weighted by Crippen LogP contribution is 2.33. The first-order valence-electron chi connectivity index (χ1n) is 8.82. The van der Waals surface area contributed by atoms with Gasteiger partial charge in [0.2, 0.25) is 0 Å². The molecule has 2 aromatic carbocycles. The van der Waals surface area contributed by atoms with Gasteiger partial charge in [0.25, 0.3) is 10.0 Å². The molecule has 1 atom stereocenters. The lowest BCUT2D eigenvalue weighted by Crippen LogP contribution is -2.46. The van der Waals surface area contributed by atoms with E-state index >= 15 is 0 Å². The monoisotopic (exact) mass is 410 g/mol. The number of fused-ring (bicyclic) bond motifs is 1. The molecule has 2 aromatic rings. The zero-order chi connectivity index (χ0) is 19.9. The lowest BCUT2D eigenvalue weighted by molar-refractivity contribution is 0.366. The van der Waals surface area contributed by atoms with Gasteiger partial charge in [-0.1, -0.05) is 12.1 Å². The van der Waals surface area contributed by atoms with Crippen LogP contribution in [0.1, 0.15) is 24.3 Å². The lowest BCUT2D eigenvalue weighted by atomic mass is 9.89. The van der Waals surface area contributed by atoms with Crippen LogP contribution in [-0.4, -0.2) is 38.0 Å². The molecule has 0 aromatic heterocycles. The third kappa shape index (κ3) is 3.71. The molecule has 9 heteroatoms. The van der Waals surface area contributed by atoms with Gasteiger partial charge in [-0.05, 0) is 30.5 Å². The molecule has 2 aliphatic heterocycles. The molecular formula is C19H17F3N2O3S. The highest BCUT2D eigenvalue weighted by Gasteiger charge is 2.33. The van der Waals surface area contributed by atoms with Crippen LogP contribution in [0.5, 0.6) is 11.5 Å². The first-order valence-corrected chi connectivity index (χ1v) is 10.4. The van der Waals surface area contributed by atoms with Crippen LogP contribution in [0.15, 0.2) is 40.8 Å². The Hall–Kier alpha value is -2.55. The fourth-order valence-electron chi connectivity index (χ4n) is 3.51. The van der Waals surface area contributed by atoms with Crippen LogP contribution in [0.25, 0.3) is 0 Å². The number of nitrogens with zero attached hydrogens (tertiary/aromatic N) is 2. The molecule has 0 unspecified atom stereocenters. The van der Waals surface area contributed by atoms with Crippen LogP contribution in [0.4, 0.5) is 13.2 Å². The van der Waals surface area contributed by atoms with Crippen LogP contribution in [0.3, 0.4) is 0 Å². The maximum atomic E-state index is 13.7. The smallest absolute Gasteiger partial charge is 0.256 e. The second-order valence-corrected chi connectivity index (χ2v) is 8.54. The van der Waals surface area contributed by atoms with Gasteiger partial charge >= 0.3 is 0 Å².